The van der Waals surface area contributed by atoms with Crippen LogP contribution in [0.4, 0.5) is 4.79 Å². The van der Waals surface area contributed by atoms with E-state index in [4.69, 9.17) is 14.9 Å². The number of carbonyl (C=O) groups is 4. The third-order valence-electron chi connectivity index (χ3n) is 3.38. The number of primary amides is 1. The molecule has 9 heteroatoms. The molecule has 2 heterocycles. The molecule has 2 atom stereocenters. The van der Waals surface area contributed by atoms with Gasteiger partial charge in [0.1, 0.15) is 5.76 Å². The zero-order valence-corrected chi connectivity index (χ0v) is 12.5. The van der Waals surface area contributed by atoms with Crippen molar-refractivity contribution in [3.63, 3.8) is 0 Å². The Morgan fingerprint density at radius 1 is 1.52 bits per heavy atom. The molecule has 23 heavy (non-hydrogen) atoms. The molecule has 4 amide bonds. The fourth-order valence-electron chi connectivity index (χ4n) is 2.22. The Kier molecular flexibility index (Phi) is 4.99. The first-order valence-corrected chi connectivity index (χ1v) is 6.97. The second kappa shape index (κ2) is 6.95. The van der Waals surface area contributed by atoms with Crippen LogP contribution in [-0.4, -0.2) is 41.4 Å². The van der Waals surface area contributed by atoms with Gasteiger partial charge in [0, 0.05) is 13.0 Å². The van der Waals surface area contributed by atoms with Gasteiger partial charge in [-0.3, -0.25) is 19.7 Å². The molecule has 0 unspecified atom stereocenters. The number of carbonyl (C=O) groups excluding carboxylic acids is 4. The van der Waals surface area contributed by atoms with E-state index in [-0.39, 0.29) is 25.4 Å². The summed E-state index contributed by atoms with van der Waals surface area (Å²) in [4.78, 5) is 47.5. The summed E-state index contributed by atoms with van der Waals surface area (Å²) in [5, 5.41) is 1.82. The Morgan fingerprint density at radius 3 is 2.87 bits per heavy atom. The van der Waals surface area contributed by atoms with Crippen molar-refractivity contribution in [3.8, 4) is 0 Å². The predicted octanol–water partition coefficient (Wildman–Crippen LogP) is -0.245. The molecular weight excluding hydrogens is 306 g/mol. The molecule has 1 aliphatic heterocycles. The van der Waals surface area contributed by atoms with E-state index in [0.29, 0.717) is 5.76 Å². The summed E-state index contributed by atoms with van der Waals surface area (Å²) in [6, 6.07) is 2.41. The highest BCUT2D eigenvalue weighted by molar-refractivity contribution is 5.96. The maximum atomic E-state index is 12.0. The average Bonchev–Trinajstić information content (AvgIpc) is 3.09. The highest BCUT2D eigenvalue weighted by Gasteiger charge is 2.36. The lowest BCUT2D eigenvalue weighted by Crippen LogP contribution is -2.42. The Balaban J connectivity index is 1.87. The van der Waals surface area contributed by atoms with Crippen LogP contribution in [0.1, 0.15) is 19.1 Å². The quantitative estimate of drug-likeness (QED) is 0.718. The Bertz CT molecular complexity index is 612. The Hall–Kier alpha value is -2.84. The van der Waals surface area contributed by atoms with Crippen molar-refractivity contribution >= 4 is 23.8 Å². The molecule has 0 spiro atoms. The molecule has 1 aromatic heterocycles. The fourth-order valence-corrected chi connectivity index (χ4v) is 2.22. The van der Waals surface area contributed by atoms with Crippen LogP contribution in [0.3, 0.4) is 0 Å². The zero-order valence-electron chi connectivity index (χ0n) is 12.5. The van der Waals surface area contributed by atoms with E-state index in [1.165, 1.54) is 18.1 Å². The van der Waals surface area contributed by atoms with Crippen LogP contribution >= 0.6 is 0 Å². The number of amides is 4. The van der Waals surface area contributed by atoms with Crippen LogP contribution in [-0.2, 0) is 25.7 Å². The van der Waals surface area contributed by atoms with Crippen LogP contribution in [0.5, 0.6) is 0 Å². The van der Waals surface area contributed by atoms with Gasteiger partial charge in [-0.15, -0.1) is 0 Å². The van der Waals surface area contributed by atoms with Crippen LogP contribution in [0.2, 0.25) is 0 Å². The van der Waals surface area contributed by atoms with Gasteiger partial charge in [0.2, 0.25) is 5.91 Å². The molecule has 1 saturated heterocycles. The number of nitrogens with one attached hydrogen (secondary N) is 1. The molecule has 1 aromatic rings. The molecule has 0 radical (unpaired) electrons. The number of hydrogen-bond acceptors (Lipinski definition) is 6. The summed E-state index contributed by atoms with van der Waals surface area (Å²) in [5.41, 5.74) is 4.81. The van der Waals surface area contributed by atoms with Crippen LogP contribution < -0.4 is 11.1 Å². The number of esters is 1. The number of hydrogen-bond donors (Lipinski definition) is 2. The maximum absolute atomic E-state index is 12.0. The SMILES string of the molecule is C[C@@H](OC(=O)[C@H]1CC(=O)N(Cc2ccco2)C1)C(=O)NC(N)=O. The number of nitrogens with zero attached hydrogens (tertiary/aromatic N) is 1. The van der Waals surface area contributed by atoms with Gasteiger partial charge < -0.3 is 19.8 Å². The molecule has 0 aliphatic carbocycles. The number of likely N-dealkylation sites (tertiary alicyclic amines) is 1. The van der Waals surface area contributed by atoms with Crippen molar-refractivity contribution in [3.05, 3.63) is 24.2 Å². The molecular formula is C14H17N3O6. The van der Waals surface area contributed by atoms with E-state index in [1.54, 1.807) is 12.1 Å². The normalized spacial score (nSPS) is 18.6. The lowest BCUT2D eigenvalue weighted by molar-refractivity contribution is -0.158. The fraction of sp³-hybridized carbons (Fsp3) is 0.429. The van der Waals surface area contributed by atoms with Crippen molar-refractivity contribution in [1.29, 1.82) is 0 Å². The van der Waals surface area contributed by atoms with Crippen molar-refractivity contribution < 1.29 is 28.3 Å². The molecule has 0 saturated carbocycles. The Labute approximate surface area is 131 Å². The second-order valence-electron chi connectivity index (χ2n) is 5.19. The minimum absolute atomic E-state index is 0.00367. The lowest BCUT2D eigenvalue weighted by Gasteiger charge is -2.16. The number of rotatable bonds is 5. The number of ether oxygens (including phenoxy) is 1. The summed E-state index contributed by atoms with van der Waals surface area (Å²) in [7, 11) is 0. The molecule has 3 N–H and O–H groups in total. The smallest absolute Gasteiger partial charge is 0.318 e. The first-order chi connectivity index (χ1) is 10.9. The average molecular weight is 323 g/mol. The number of urea groups is 1. The topological polar surface area (TPSA) is 132 Å². The molecule has 1 aliphatic rings. The summed E-state index contributed by atoms with van der Waals surface area (Å²) in [6.45, 7) is 1.77. The van der Waals surface area contributed by atoms with Crippen molar-refractivity contribution in [1.82, 2.24) is 10.2 Å². The largest absolute Gasteiger partial charge is 0.467 e. The van der Waals surface area contributed by atoms with Gasteiger partial charge in [-0.2, -0.15) is 0 Å². The van der Waals surface area contributed by atoms with Crippen LogP contribution in [0.25, 0.3) is 0 Å². The summed E-state index contributed by atoms with van der Waals surface area (Å²) < 4.78 is 10.1. The van der Waals surface area contributed by atoms with Gasteiger partial charge in [-0.25, -0.2) is 4.79 Å². The number of nitrogens with two attached hydrogens (primary N) is 1. The van der Waals surface area contributed by atoms with E-state index in [9.17, 15) is 19.2 Å². The van der Waals surface area contributed by atoms with Crippen molar-refractivity contribution in [2.24, 2.45) is 11.7 Å². The highest BCUT2D eigenvalue weighted by atomic mass is 16.5. The first-order valence-electron chi connectivity index (χ1n) is 6.97. The third kappa shape index (κ3) is 4.31. The second-order valence-corrected chi connectivity index (χ2v) is 5.19. The van der Waals surface area contributed by atoms with Crippen LogP contribution in [0.15, 0.2) is 22.8 Å². The molecule has 0 aromatic carbocycles. The predicted molar refractivity (Wildman–Crippen MR) is 75.5 cm³/mol. The number of imide groups is 1. The highest BCUT2D eigenvalue weighted by Crippen LogP contribution is 2.22. The van der Waals surface area contributed by atoms with Gasteiger partial charge in [-0.1, -0.05) is 0 Å². The van der Waals surface area contributed by atoms with E-state index >= 15 is 0 Å². The van der Waals surface area contributed by atoms with Gasteiger partial charge in [0.05, 0.1) is 18.7 Å². The molecule has 0 bridgehead atoms. The van der Waals surface area contributed by atoms with Crippen molar-refractivity contribution in [2.45, 2.75) is 26.0 Å². The van der Waals surface area contributed by atoms with E-state index < -0.39 is 29.9 Å². The number of furan rings is 1. The van der Waals surface area contributed by atoms with Gasteiger partial charge in [0.25, 0.3) is 5.91 Å². The first kappa shape index (κ1) is 16.5. The monoisotopic (exact) mass is 323 g/mol. The minimum atomic E-state index is -1.18. The molecule has 124 valence electrons. The third-order valence-corrected chi connectivity index (χ3v) is 3.38. The maximum Gasteiger partial charge on any atom is 0.318 e. The standard InChI is InChI=1S/C14H17N3O6/c1-8(12(19)16-14(15)21)23-13(20)9-5-11(18)17(6-9)7-10-3-2-4-22-10/h2-4,8-9H,5-7H2,1H3,(H3,15,16,19,21)/t8-,9+/m1/s1. The summed E-state index contributed by atoms with van der Waals surface area (Å²) >= 11 is 0. The van der Waals surface area contributed by atoms with Gasteiger partial charge in [0.15, 0.2) is 6.10 Å². The van der Waals surface area contributed by atoms with Crippen molar-refractivity contribution in [2.75, 3.05) is 6.54 Å². The summed E-state index contributed by atoms with van der Waals surface area (Å²) in [6.07, 6.45) is 0.328. The van der Waals surface area contributed by atoms with Crippen LogP contribution in [0, 0.1) is 5.92 Å². The molecule has 9 nitrogen and oxygen atoms in total. The minimum Gasteiger partial charge on any atom is -0.467 e. The molecule has 2 rings (SSSR count). The lowest BCUT2D eigenvalue weighted by atomic mass is 10.1. The van der Waals surface area contributed by atoms with E-state index in [1.807, 2.05) is 5.32 Å². The zero-order chi connectivity index (χ0) is 17.0. The van der Waals surface area contributed by atoms with E-state index in [2.05, 4.69) is 0 Å². The van der Waals surface area contributed by atoms with Gasteiger partial charge in [-0.05, 0) is 19.1 Å². The van der Waals surface area contributed by atoms with Gasteiger partial charge >= 0.3 is 12.0 Å². The Morgan fingerprint density at radius 2 is 2.26 bits per heavy atom. The molecule has 1 fully saturated rings. The van der Waals surface area contributed by atoms with E-state index in [0.717, 1.165) is 0 Å². The summed E-state index contributed by atoms with van der Waals surface area (Å²) in [5.74, 6) is -1.74.